The molecule has 1 saturated heterocycles. The number of hydrogen-bond donors (Lipinski definition) is 5. The Morgan fingerprint density at radius 3 is 1.67 bits per heavy atom. The number of benzene rings is 4. The van der Waals surface area contributed by atoms with E-state index in [-0.39, 0.29) is 38.6 Å². The first-order valence-corrected chi connectivity index (χ1v) is 21.4. The van der Waals surface area contributed by atoms with E-state index in [1.807, 2.05) is 91.0 Å². The maximum atomic E-state index is 14.3. The van der Waals surface area contributed by atoms with E-state index >= 15 is 0 Å². The molecule has 2 unspecified atom stereocenters. The second kappa shape index (κ2) is 24.4. The van der Waals surface area contributed by atoms with Gasteiger partial charge in [0.15, 0.2) is 0 Å². The predicted octanol–water partition coefficient (Wildman–Crippen LogP) is 5.95. The molecule has 1 heterocycles. The summed E-state index contributed by atoms with van der Waals surface area (Å²) < 4.78 is 31.3. The number of halogens is 1. The first kappa shape index (κ1) is 47.7. The average molecular weight is 867 g/mol. The molecular formula is C48H59FN6O8. The highest BCUT2D eigenvalue weighted by Crippen LogP contribution is 2.18. The van der Waals surface area contributed by atoms with Crippen LogP contribution in [0.5, 0.6) is 0 Å². The van der Waals surface area contributed by atoms with E-state index in [1.165, 1.54) is 17.1 Å². The summed E-state index contributed by atoms with van der Waals surface area (Å²) in [4.78, 5) is 68.5. The zero-order valence-electron chi connectivity index (χ0n) is 36.3. The van der Waals surface area contributed by atoms with Crippen molar-refractivity contribution in [3.8, 4) is 0 Å². The second-order valence-corrected chi connectivity index (χ2v) is 16.3. The first-order chi connectivity index (χ1) is 30.3. The van der Waals surface area contributed by atoms with Crippen LogP contribution in [0.2, 0.25) is 0 Å². The Morgan fingerprint density at radius 1 is 0.667 bits per heavy atom. The fourth-order valence-corrected chi connectivity index (χ4v) is 7.04. The molecular weight excluding hydrogens is 808 g/mol. The molecule has 5 atom stereocenters. The van der Waals surface area contributed by atoms with E-state index in [1.54, 1.807) is 39.8 Å². The number of carbonyl (C=O) groups excluding carboxylic acids is 5. The standard InChI is InChI=1S/C48H59FN6O8/c1-32(2)42(52-47(59)61-30-36-17-10-6-11-18-36)44(56)51-40(27-34-15-8-5-9-16-34)41(63-46(58)39-21-14-26-50-39)29-55(28-35-22-24-38(49)25-23-35)54-45(57)43(33(3)4)53-48(60)62-31-37-19-12-7-13-20-37/h5-13,15-20,22-25,32-33,39-43,50H,14,21,26-31H2,1-4H3,(H,51,56)(H,52,59)(H,53,60)(H,54,57)/t39-,40?,41?,42-,43-/m0/s1. The number of carbonyl (C=O) groups is 5. The molecule has 0 aromatic heterocycles. The van der Waals surface area contributed by atoms with E-state index in [0.29, 0.717) is 18.5 Å². The fraction of sp³-hybridized carbons (Fsp3) is 0.396. The molecule has 0 radical (unpaired) electrons. The highest BCUT2D eigenvalue weighted by molar-refractivity contribution is 5.86. The van der Waals surface area contributed by atoms with Gasteiger partial charge in [-0.05, 0) is 72.0 Å². The van der Waals surface area contributed by atoms with E-state index < -0.39 is 72.0 Å². The quantitative estimate of drug-likeness (QED) is 0.0382. The summed E-state index contributed by atoms with van der Waals surface area (Å²) in [5.74, 6) is -2.91. The largest absolute Gasteiger partial charge is 0.458 e. The van der Waals surface area contributed by atoms with Gasteiger partial charge in [0.2, 0.25) is 5.91 Å². The van der Waals surface area contributed by atoms with Gasteiger partial charge in [0, 0.05) is 6.54 Å². The normalized spacial score (nSPS) is 15.5. The predicted molar refractivity (Wildman–Crippen MR) is 235 cm³/mol. The molecule has 5 N–H and O–H groups in total. The third-order valence-electron chi connectivity index (χ3n) is 10.5. The van der Waals surface area contributed by atoms with Crippen LogP contribution in [-0.4, -0.2) is 78.3 Å². The molecule has 336 valence electrons. The van der Waals surface area contributed by atoms with Gasteiger partial charge in [-0.1, -0.05) is 131 Å². The van der Waals surface area contributed by atoms with Gasteiger partial charge < -0.3 is 35.5 Å². The molecule has 1 aliphatic rings. The van der Waals surface area contributed by atoms with Crippen molar-refractivity contribution in [2.45, 2.75) is 97.0 Å². The van der Waals surface area contributed by atoms with E-state index in [2.05, 4.69) is 26.7 Å². The molecule has 63 heavy (non-hydrogen) atoms. The van der Waals surface area contributed by atoms with Crippen LogP contribution in [0.25, 0.3) is 0 Å². The number of hydrogen-bond acceptors (Lipinski definition) is 10. The number of alkyl carbamates (subject to hydrolysis) is 2. The van der Waals surface area contributed by atoms with Crippen LogP contribution in [0.3, 0.4) is 0 Å². The molecule has 0 bridgehead atoms. The fourth-order valence-electron chi connectivity index (χ4n) is 7.04. The van der Waals surface area contributed by atoms with Gasteiger partial charge >= 0.3 is 18.2 Å². The Morgan fingerprint density at radius 2 is 1.17 bits per heavy atom. The summed E-state index contributed by atoms with van der Waals surface area (Å²) in [6.07, 6.45) is -1.19. The van der Waals surface area contributed by atoms with Crippen molar-refractivity contribution in [3.05, 3.63) is 143 Å². The summed E-state index contributed by atoms with van der Waals surface area (Å²) in [7, 11) is 0. The molecule has 0 aliphatic carbocycles. The van der Waals surface area contributed by atoms with Crippen LogP contribution < -0.4 is 26.7 Å². The Hall–Kier alpha value is -6.32. The Labute approximate surface area is 368 Å². The van der Waals surface area contributed by atoms with Crippen LogP contribution in [0, 0.1) is 17.7 Å². The van der Waals surface area contributed by atoms with Crippen molar-refractivity contribution in [3.63, 3.8) is 0 Å². The highest BCUT2D eigenvalue weighted by atomic mass is 19.1. The molecule has 4 amide bonds. The monoisotopic (exact) mass is 866 g/mol. The number of nitrogens with zero attached hydrogens (tertiary/aromatic N) is 1. The van der Waals surface area contributed by atoms with Crippen LogP contribution >= 0.6 is 0 Å². The van der Waals surface area contributed by atoms with Gasteiger partial charge in [-0.3, -0.25) is 19.8 Å². The minimum Gasteiger partial charge on any atom is -0.458 e. The molecule has 0 saturated carbocycles. The summed E-state index contributed by atoms with van der Waals surface area (Å²) in [6, 6.07) is 29.7. The lowest BCUT2D eigenvalue weighted by Crippen LogP contribution is -2.60. The summed E-state index contributed by atoms with van der Waals surface area (Å²) in [5.41, 5.74) is 5.89. The number of ether oxygens (including phenoxy) is 3. The van der Waals surface area contributed by atoms with E-state index in [9.17, 15) is 28.4 Å². The topological polar surface area (TPSA) is 176 Å². The van der Waals surface area contributed by atoms with Crippen molar-refractivity contribution >= 4 is 30.0 Å². The van der Waals surface area contributed by atoms with E-state index in [4.69, 9.17) is 14.2 Å². The molecule has 4 aromatic rings. The Bertz CT molecular complexity index is 2050. The van der Waals surface area contributed by atoms with Gasteiger partial charge in [0.1, 0.15) is 43.3 Å². The van der Waals surface area contributed by atoms with Gasteiger partial charge in [-0.15, -0.1) is 0 Å². The van der Waals surface area contributed by atoms with Crippen molar-refractivity contribution < 1.29 is 42.6 Å². The van der Waals surface area contributed by atoms with Crippen LogP contribution in [0.4, 0.5) is 14.0 Å². The number of esters is 1. The summed E-state index contributed by atoms with van der Waals surface area (Å²) in [6.45, 7) is 7.58. The summed E-state index contributed by atoms with van der Waals surface area (Å²) >= 11 is 0. The average Bonchev–Trinajstić information content (AvgIpc) is 3.83. The molecule has 5 rings (SSSR count). The third kappa shape index (κ3) is 15.8. The minimum atomic E-state index is -1.11. The number of amides is 4. The van der Waals surface area contributed by atoms with Gasteiger partial charge in [0.25, 0.3) is 5.91 Å². The molecule has 14 nitrogen and oxygen atoms in total. The Kier molecular flexibility index (Phi) is 18.4. The van der Waals surface area contributed by atoms with Gasteiger partial charge in [0.05, 0.1) is 12.6 Å². The maximum Gasteiger partial charge on any atom is 0.408 e. The van der Waals surface area contributed by atoms with Crippen LogP contribution in [-0.2, 0) is 54.8 Å². The third-order valence-corrected chi connectivity index (χ3v) is 10.5. The first-order valence-electron chi connectivity index (χ1n) is 21.4. The zero-order chi connectivity index (χ0) is 45.1. The highest BCUT2D eigenvalue weighted by Gasteiger charge is 2.36. The molecule has 0 spiro atoms. The molecule has 1 fully saturated rings. The lowest BCUT2D eigenvalue weighted by atomic mass is 9.98. The van der Waals surface area contributed by atoms with E-state index in [0.717, 1.165) is 23.1 Å². The Balaban J connectivity index is 1.43. The maximum absolute atomic E-state index is 14.3. The van der Waals surface area contributed by atoms with Crippen LogP contribution in [0.1, 0.15) is 62.8 Å². The number of nitrogens with one attached hydrogen (secondary N) is 5. The number of rotatable bonds is 21. The molecule has 1 aliphatic heterocycles. The summed E-state index contributed by atoms with van der Waals surface area (Å²) in [5, 5.41) is 13.2. The van der Waals surface area contributed by atoms with Crippen molar-refractivity contribution in [2.75, 3.05) is 13.1 Å². The number of hydrazine groups is 1. The lowest BCUT2D eigenvalue weighted by Gasteiger charge is -2.35. The SMILES string of the molecule is CC(C)[C@H](NC(=O)OCc1ccccc1)C(=O)NC(Cc1ccccc1)C(CN(Cc1ccc(F)cc1)NC(=O)[C@@H](NC(=O)OCc1ccccc1)C(C)C)OC(=O)[C@@H]1CCCN1. The van der Waals surface area contributed by atoms with Crippen molar-refractivity contribution in [1.29, 1.82) is 0 Å². The molecule has 15 heteroatoms. The van der Waals surface area contributed by atoms with Crippen molar-refractivity contribution in [2.24, 2.45) is 11.8 Å². The molecule has 4 aromatic carbocycles. The van der Waals surface area contributed by atoms with Gasteiger partial charge in [-0.25, -0.2) is 19.0 Å². The van der Waals surface area contributed by atoms with Crippen molar-refractivity contribution in [1.82, 2.24) is 31.7 Å². The van der Waals surface area contributed by atoms with Gasteiger partial charge in [-0.2, -0.15) is 0 Å². The lowest BCUT2D eigenvalue weighted by molar-refractivity contribution is -0.156. The smallest absolute Gasteiger partial charge is 0.408 e. The van der Waals surface area contributed by atoms with Crippen LogP contribution in [0.15, 0.2) is 115 Å². The second-order valence-electron chi connectivity index (χ2n) is 16.3. The minimum absolute atomic E-state index is 0.000631. The zero-order valence-corrected chi connectivity index (χ0v) is 36.3.